The molecule has 0 aliphatic carbocycles. The second-order valence-corrected chi connectivity index (χ2v) is 8.21. The van der Waals surface area contributed by atoms with E-state index in [4.69, 9.17) is 5.26 Å². The molecule has 0 aromatic carbocycles. The lowest BCUT2D eigenvalue weighted by atomic mass is 9.97. The van der Waals surface area contributed by atoms with Crippen LogP contribution < -0.4 is 0 Å². The second kappa shape index (κ2) is 7.42. The summed E-state index contributed by atoms with van der Waals surface area (Å²) < 4.78 is 26.2. The maximum absolute atomic E-state index is 12.7. The molecule has 1 amide bonds. The van der Waals surface area contributed by atoms with Gasteiger partial charge in [-0.3, -0.25) is 4.79 Å². The molecule has 0 saturated carbocycles. The molecule has 0 N–H and O–H groups in total. The summed E-state index contributed by atoms with van der Waals surface area (Å²) >= 11 is 0. The van der Waals surface area contributed by atoms with Crippen molar-refractivity contribution >= 4 is 15.9 Å². The Kier molecular flexibility index (Phi) is 5.81. The molecule has 2 rings (SSSR count). The summed E-state index contributed by atoms with van der Waals surface area (Å²) in [6, 6.07) is 1.71. The SMILES string of the molecule is CCCS(=O)(=O)N1CCCCC1C(=O)N1CCC(C#N)CC1. The summed E-state index contributed by atoms with van der Waals surface area (Å²) in [7, 11) is -3.35. The van der Waals surface area contributed by atoms with Crippen LogP contribution in [0, 0.1) is 17.2 Å². The van der Waals surface area contributed by atoms with E-state index < -0.39 is 16.1 Å². The number of rotatable bonds is 4. The molecule has 6 nitrogen and oxygen atoms in total. The normalized spacial score (nSPS) is 24.9. The Balaban J connectivity index is 2.08. The van der Waals surface area contributed by atoms with E-state index in [1.807, 2.05) is 6.92 Å². The third kappa shape index (κ3) is 3.79. The molecule has 2 saturated heterocycles. The maximum Gasteiger partial charge on any atom is 0.241 e. The lowest BCUT2D eigenvalue weighted by Gasteiger charge is -2.38. The average molecular weight is 327 g/mol. The molecule has 7 heteroatoms. The molecule has 0 spiro atoms. The maximum atomic E-state index is 12.7. The Labute approximate surface area is 133 Å². The first kappa shape index (κ1) is 17.2. The van der Waals surface area contributed by atoms with Gasteiger partial charge in [-0.1, -0.05) is 13.3 Å². The van der Waals surface area contributed by atoms with E-state index in [1.165, 1.54) is 4.31 Å². The molecule has 0 aromatic heterocycles. The van der Waals surface area contributed by atoms with Gasteiger partial charge in [-0.05, 0) is 32.1 Å². The summed E-state index contributed by atoms with van der Waals surface area (Å²) in [6.07, 6.45) is 4.27. The van der Waals surface area contributed by atoms with Crippen molar-refractivity contribution in [2.75, 3.05) is 25.4 Å². The first-order valence-corrected chi connectivity index (χ1v) is 9.78. The second-order valence-electron chi connectivity index (χ2n) is 6.17. The predicted octanol–water partition coefficient (Wildman–Crippen LogP) is 1.34. The summed E-state index contributed by atoms with van der Waals surface area (Å²) in [5.41, 5.74) is 0. The molecule has 0 aromatic rings. The number of hydrogen-bond acceptors (Lipinski definition) is 4. The van der Waals surface area contributed by atoms with Crippen LogP contribution in [0.1, 0.15) is 45.4 Å². The zero-order valence-corrected chi connectivity index (χ0v) is 14.0. The molecule has 124 valence electrons. The Bertz CT molecular complexity index is 533. The minimum atomic E-state index is -3.35. The highest BCUT2D eigenvalue weighted by molar-refractivity contribution is 7.89. The Morgan fingerprint density at radius 1 is 1.18 bits per heavy atom. The quantitative estimate of drug-likeness (QED) is 0.780. The van der Waals surface area contributed by atoms with Crippen LogP contribution in [-0.4, -0.2) is 55.0 Å². The Morgan fingerprint density at radius 3 is 2.45 bits per heavy atom. The van der Waals surface area contributed by atoms with Gasteiger partial charge in [0.2, 0.25) is 15.9 Å². The molecule has 1 unspecified atom stereocenters. The molecule has 2 aliphatic rings. The smallest absolute Gasteiger partial charge is 0.241 e. The van der Waals surface area contributed by atoms with Crippen LogP contribution in [-0.2, 0) is 14.8 Å². The molecule has 0 bridgehead atoms. The van der Waals surface area contributed by atoms with Crippen LogP contribution in [0.3, 0.4) is 0 Å². The van der Waals surface area contributed by atoms with Crippen LogP contribution in [0.15, 0.2) is 0 Å². The number of amides is 1. The fraction of sp³-hybridized carbons (Fsp3) is 0.867. The number of nitriles is 1. The monoisotopic (exact) mass is 327 g/mol. The first-order chi connectivity index (χ1) is 10.5. The Hall–Kier alpha value is -1.13. The van der Waals surface area contributed by atoms with Gasteiger partial charge in [-0.25, -0.2) is 8.42 Å². The molecule has 22 heavy (non-hydrogen) atoms. The van der Waals surface area contributed by atoms with Crippen molar-refractivity contribution < 1.29 is 13.2 Å². The number of piperidine rings is 2. The van der Waals surface area contributed by atoms with Crippen molar-refractivity contribution in [3.05, 3.63) is 0 Å². The lowest BCUT2D eigenvalue weighted by molar-refractivity contribution is -0.137. The van der Waals surface area contributed by atoms with E-state index in [-0.39, 0.29) is 17.6 Å². The van der Waals surface area contributed by atoms with Crippen LogP contribution in [0.2, 0.25) is 0 Å². The lowest BCUT2D eigenvalue weighted by Crippen LogP contribution is -2.54. The van der Waals surface area contributed by atoms with Crippen LogP contribution in [0.4, 0.5) is 0 Å². The number of nitrogens with zero attached hydrogens (tertiary/aromatic N) is 3. The van der Waals surface area contributed by atoms with Gasteiger partial charge in [-0.15, -0.1) is 0 Å². The van der Waals surface area contributed by atoms with Crippen molar-refractivity contribution in [1.82, 2.24) is 9.21 Å². The summed E-state index contributed by atoms with van der Waals surface area (Å²) in [4.78, 5) is 14.5. The minimum Gasteiger partial charge on any atom is -0.341 e. The number of sulfonamides is 1. The molecular formula is C15H25N3O3S. The third-order valence-corrected chi connectivity index (χ3v) is 6.62. The van der Waals surface area contributed by atoms with Gasteiger partial charge in [-0.2, -0.15) is 9.57 Å². The van der Waals surface area contributed by atoms with Crippen molar-refractivity contribution in [3.8, 4) is 6.07 Å². The number of likely N-dealkylation sites (tertiary alicyclic amines) is 1. The van der Waals surface area contributed by atoms with E-state index in [9.17, 15) is 13.2 Å². The fourth-order valence-electron chi connectivity index (χ4n) is 3.30. The summed E-state index contributed by atoms with van der Waals surface area (Å²) in [5, 5.41) is 8.93. The largest absolute Gasteiger partial charge is 0.341 e. The van der Waals surface area contributed by atoms with Crippen LogP contribution in [0.5, 0.6) is 0 Å². The van der Waals surface area contributed by atoms with E-state index >= 15 is 0 Å². The van der Waals surface area contributed by atoms with E-state index in [1.54, 1.807) is 4.90 Å². The average Bonchev–Trinajstić information content (AvgIpc) is 2.54. The molecular weight excluding hydrogens is 302 g/mol. The van der Waals surface area contributed by atoms with E-state index in [0.29, 0.717) is 45.3 Å². The number of carbonyl (C=O) groups excluding carboxylic acids is 1. The zero-order valence-electron chi connectivity index (χ0n) is 13.2. The summed E-state index contributed by atoms with van der Waals surface area (Å²) in [6.45, 7) is 3.42. The van der Waals surface area contributed by atoms with Crippen molar-refractivity contribution in [2.24, 2.45) is 5.92 Å². The van der Waals surface area contributed by atoms with Crippen molar-refractivity contribution in [1.29, 1.82) is 5.26 Å². The van der Waals surface area contributed by atoms with E-state index in [0.717, 1.165) is 12.8 Å². The molecule has 2 heterocycles. The van der Waals surface area contributed by atoms with Crippen LogP contribution >= 0.6 is 0 Å². The Morgan fingerprint density at radius 2 is 1.86 bits per heavy atom. The van der Waals surface area contributed by atoms with Gasteiger partial charge in [0.25, 0.3) is 0 Å². The molecule has 2 aliphatic heterocycles. The molecule has 2 fully saturated rings. The third-order valence-electron chi connectivity index (χ3n) is 4.55. The van der Waals surface area contributed by atoms with Gasteiger partial charge in [0.15, 0.2) is 0 Å². The highest BCUT2D eigenvalue weighted by Gasteiger charge is 2.38. The van der Waals surface area contributed by atoms with Gasteiger partial charge in [0.1, 0.15) is 6.04 Å². The summed E-state index contributed by atoms with van der Waals surface area (Å²) in [5.74, 6) is 0.0545. The van der Waals surface area contributed by atoms with Crippen molar-refractivity contribution in [3.63, 3.8) is 0 Å². The van der Waals surface area contributed by atoms with Gasteiger partial charge < -0.3 is 4.90 Å². The standard InChI is InChI=1S/C15H25N3O3S/c1-2-11-22(20,21)18-8-4-3-5-14(18)15(19)17-9-6-13(12-16)7-10-17/h13-14H,2-11H2,1H3. The zero-order chi connectivity index (χ0) is 16.2. The van der Waals surface area contributed by atoms with E-state index in [2.05, 4.69) is 6.07 Å². The topological polar surface area (TPSA) is 81.5 Å². The molecule has 1 atom stereocenters. The first-order valence-electron chi connectivity index (χ1n) is 8.17. The number of hydrogen-bond donors (Lipinski definition) is 0. The van der Waals surface area contributed by atoms with Crippen LogP contribution in [0.25, 0.3) is 0 Å². The minimum absolute atomic E-state index is 0.0235. The predicted molar refractivity (Wildman–Crippen MR) is 83.3 cm³/mol. The highest BCUT2D eigenvalue weighted by Crippen LogP contribution is 2.25. The van der Waals surface area contributed by atoms with Gasteiger partial charge in [0.05, 0.1) is 11.8 Å². The van der Waals surface area contributed by atoms with Gasteiger partial charge >= 0.3 is 0 Å². The molecule has 0 radical (unpaired) electrons. The van der Waals surface area contributed by atoms with Crippen molar-refractivity contribution in [2.45, 2.75) is 51.5 Å². The fourth-order valence-corrected chi connectivity index (χ4v) is 5.04. The number of carbonyl (C=O) groups is 1. The highest BCUT2D eigenvalue weighted by atomic mass is 32.2. The van der Waals surface area contributed by atoms with Gasteiger partial charge in [0, 0.05) is 25.6 Å².